The van der Waals surface area contributed by atoms with Crippen molar-refractivity contribution in [1.29, 1.82) is 0 Å². The second-order valence-corrected chi connectivity index (χ2v) is 7.88. The van der Waals surface area contributed by atoms with Crippen LogP contribution < -0.4 is 9.47 Å². The Labute approximate surface area is 212 Å². The summed E-state index contributed by atoms with van der Waals surface area (Å²) in [6, 6.07) is 3.40. The van der Waals surface area contributed by atoms with Gasteiger partial charge >= 0.3 is 29.8 Å². The Morgan fingerprint density at radius 1 is 0.838 bits per heavy atom. The van der Waals surface area contributed by atoms with E-state index in [4.69, 9.17) is 33.2 Å². The van der Waals surface area contributed by atoms with E-state index in [1.165, 1.54) is 39.3 Å². The van der Waals surface area contributed by atoms with Crippen molar-refractivity contribution >= 4 is 36.1 Å². The number of methoxy groups -OCH3 is 1. The summed E-state index contributed by atoms with van der Waals surface area (Å²) in [4.78, 5) is 62.7. The number of hydrogen-bond acceptors (Lipinski definition) is 13. The molecule has 13 nitrogen and oxygen atoms in total. The van der Waals surface area contributed by atoms with Crippen molar-refractivity contribution in [3.8, 4) is 11.5 Å². The lowest BCUT2D eigenvalue weighted by Crippen LogP contribution is -2.61. The Morgan fingerprint density at radius 3 is 2.00 bits per heavy atom. The van der Waals surface area contributed by atoms with Crippen molar-refractivity contribution in [2.24, 2.45) is 4.99 Å². The van der Waals surface area contributed by atoms with Gasteiger partial charge in [0.05, 0.1) is 7.11 Å². The highest BCUT2D eigenvalue weighted by atomic mass is 16.7. The molecule has 0 amide bonds. The number of benzene rings is 1. The number of rotatable bonds is 9. The zero-order valence-electron chi connectivity index (χ0n) is 21.2. The number of esters is 5. The fraction of sp³-hybridized carbons (Fsp3) is 0.500. The lowest BCUT2D eigenvalue weighted by molar-refractivity contribution is -0.266. The molecule has 0 radical (unpaired) electrons. The first-order valence-corrected chi connectivity index (χ1v) is 11.1. The van der Waals surface area contributed by atoms with E-state index in [9.17, 15) is 24.0 Å². The molecule has 0 aromatic heterocycles. The summed E-state index contributed by atoms with van der Waals surface area (Å²) in [5.41, 5.74) is 0.474. The Hall–Kier alpha value is -4.00. The fourth-order valence-corrected chi connectivity index (χ4v) is 3.48. The van der Waals surface area contributed by atoms with Gasteiger partial charge in [-0.3, -0.25) is 29.0 Å². The van der Waals surface area contributed by atoms with Crippen LogP contribution in [0.2, 0.25) is 0 Å². The lowest BCUT2D eigenvalue weighted by atomic mass is 9.96. The van der Waals surface area contributed by atoms with Gasteiger partial charge in [-0.1, -0.05) is 0 Å². The number of carbonyl (C=O) groups is 5. The van der Waals surface area contributed by atoms with Crippen LogP contribution in [0.25, 0.3) is 0 Å². The molecular weight excluding hydrogens is 494 g/mol. The number of ether oxygens (including phenoxy) is 7. The van der Waals surface area contributed by atoms with Gasteiger partial charge in [-0.15, -0.1) is 0 Å². The predicted octanol–water partition coefficient (Wildman–Crippen LogP) is 1.12. The van der Waals surface area contributed by atoms with Crippen LogP contribution in [0.15, 0.2) is 23.2 Å². The molecule has 0 bridgehead atoms. The summed E-state index contributed by atoms with van der Waals surface area (Å²) in [5, 5.41) is 0. The third-order valence-corrected chi connectivity index (χ3v) is 4.79. The van der Waals surface area contributed by atoms with E-state index in [2.05, 4.69) is 4.99 Å². The van der Waals surface area contributed by atoms with E-state index in [0.29, 0.717) is 5.56 Å². The molecule has 1 aliphatic rings. The van der Waals surface area contributed by atoms with Gasteiger partial charge in [-0.05, 0) is 23.8 Å². The van der Waals surface area contributed by atoms with Gasteiger partial charge in [0.15, 0.2) is 29.7 Å². The lowest BCUT2D eigenvalue weighted by Gasteiger charge is -2.42. The molecule has 5 atom stereocenters. The van der Waals surface area contributed by atoms with Crippen molar-refractivity contribution in [2.45, 2.75) is 65.3 Å². The van der Waals surface area contributed by atoms with Crippen LogP contribution in [-0.2, 0) is 47.7 Å². The van der Waals surface area contributed by atoms with Gasteiger partial charge in [0.2, 0.25) is 6.29 Å². The van der Waals surface area contributed by atoms with E-state index in [1.54, 1.807) is 6.07 Å². The van der Waals surface area contributed by atoms with Crippen molar-refractivity contribution in [3.05, 3.63) is 23.8 Å². The first kappa shape index (κ1) is 29.2. The molecule has 1 aliphatic heterocycles. The van der Waals surface area contributed by atoms with Gasteiger partial charge in [-0.25, -0.2) is 0 Å². The second-order valence-electron chi connectivity index (χ2n) is 7.88. The van der Waals surface area contributed by atoms with Crippen molar-refractivity contribution in [1.82, 2.24) is 0 Å². The Bertz CT molecular complexity index is 1050. The van der Waals surface area contributed by atoms with Crippen LogP contribution in [0.4, 0.5) is 0 Å². The summed E-state index contributed by atoms with van der Waals surface area (Å²) in [6.07, 6.45) is -3.71. The summed E-state index contributed by atoms with van der Waals surface area (Å²) in [6.45, 7) is 5.46. The number of nitrogens with zero attached hydrogens (tertiary/aromatic N) is 1. The second kappa shape index (κ2) is 13.3. The van der Waals surface area contributed by atoms with Crippen LogP contribution in [0.3, 0.4) is 0 Å². The molecule has 1 saturated heterocycles. The smallest absolute Gasteiger partial charge is 0.308 e. The summed E-state index contributed by atoms with van der Waals surface area (Å²) < 4.78 is 37.2. The van der Waals surface area contributed by atoms with Crippen molar-refractivity contribution < 1.29 is 57.1 Å². The van der Waals surface area contributed by atoms with Gasteiger partial charge < -0.3 is 33.2 Å². The molecule has 13 heteroatoms. The molecule has 0 N–H and O–H groups in total. The van der Waals surface area contributed by atoms with E-state index >= 15 is 0 Å². The van der Waals surface area contributed by atoms with Crippen LogP contribution in [0.1, 0.15) is 40.2 Å². The van der Waals surface area contributed by atoms with E-state index in [1.807, 2.05) is 0 Å². The van der Waals surface area contributed by atoms with Gasteiger partial charge in [0, 0.05) is 40.8 Å². The molecule has 0 unspecified atom stereocenters. The predicted molar refractivity (Wildman–Crippen MR) is 124 cm³/mol. The molecule has 2 rings (SSSR count). The van der Waals surface area contributed by atoms with E-state index in [-0.39, 0.29) is 18.1 Å². The zero-order chi connectivity index (χ0) is 27.7. The Kier molecular flexibility index (Phi) is 10.5. The fourth-order valence-electron chi connectivity index (χ4n) is 3.48. The maximum absolute atomic E-state index is 12.0. The minimum Gasteiger partial charge on any atom is -0.493 e. The van der Waals surface area contributed by atoms with Crippen LogP contribution in [-0.4, -0.2) is 80.4 Å². The monoisotopic (exact) mass is 523 g/mol. The van der Waals surface area contributed by atoms with Crippen LogP contribution >= 0.6 is 0 Å². The topological polar surface area (TPSA) is 162 Å². The molecule has 0 saturated carbocycles. The maximum Gasteiger partial charge on any atom is 0.308 e. The van der Waals surface area contributed by atoms with Gasteiger partial charge in [0.25, 0.3) is 0 Å². The highest BCUT2D eigenvalue weighted by Crippen LogP contribution is 2.31. The summed E-state index contributed by atoms with van der Waals surface area (Å²) in [7, 11) is 1.39. The van der Waals surface area contributed by atoms with Crippen molar-refractivity contribution in [3.63, 3.8) is 0 Å². The van der Waals surface area contributed by atoms with Gasteiger partial charge in [-0.2, -0.15) is 0 Å². The highest BCUT2D eigenvalue weighted by molar-refractivity contribution is 5.82. The number of carbonyl (C=O) groups excluding carboxylic acids is 5. The molecule has 1 aromatic rings. The highest BCUT2D eigenvalue weighted by Gasteiger charge is 2.51. The van der Waals surface area contributed by atoms with E-state index in [0.717, 1.165) is 20.8 Å². The third-order valence-electron chi connectivity index (χ3n) is 4.79. The largest absolute Gasteiger partial charge is 0.493 e. The van der Waals surface area contributed by atoms with Crippen molar-refractivity contribution in [2.75, 3.05) is 13.7 Å². The Balaban J connectivity index is 2.50. The number of aliphatic imine (C=N–C) groups is 1. The average Bonchev–Trinajstić information content (AvgIpc) is 2.78. The Morgan fingerprint density at radius 2 is 1.46 bits per heavy atom. The molecule has 202 valence electrons. The minimum atomic E-state index is -1.40. The molecule has 1 heterocycles. The van der Waals surface area contributed by atoms with Crippen LogP contribution in [0, 0.1) is 0 Å². The molecule has 0 spiro atoms. The average molecular weight is 523 g/mol. The maximum atomic E-state index is 12.0. The zero-order valence-corrected chi connectivity index (χ0v) is 21.2. The number of hydrogen-bond donors (Lipinski definition) is 0. The SMILES string of the molecule is COc1cc(C=N[C@@H]2[C@H](OC(C)=O)O[C@H](COC(C)=O)[C@H](OC(C)=O)[C@H]2OC(C)=O)ccc1OC(C)=O. The molecule has 1 fully saturated rings. The molecule has 37 heavy (non-hydrogen) atoms. The quantitative estimate of drug-likeness (QED) is 0.196. The van der Waals surface area contributed by atoms with Crippen LogP contribution in [0.5, 0.6) is 11.5 Å². The normalized spacial score (nSPS) is 23.0. The minimum absolute atomic E-state index is 0.187. The first-order chi connectivity index (χ1) is 17.4. The van der Waals surface area contributed by atoms with Gasteiger partial charge in [0.1, 0.15) is 12.7 Å². The summed E-state index contributed by atoms with van der Waals surface area (Å²) >= 11 is 0. The molecule has 1 aromatic carbocycles. The first-order valence-electron chi connectivity index (χ1n) is 11.1. The third kappa shape index (κ3) is 8.86. The molecular formula is C24H29NO12. The standard InChI is InChI=1S/C24H29NO12/c1-12(26)32-11-20-22(34-14(3)28)23(35-15(4)29)21(24(37-20)36-16(5)30)25-10-17-7-8-18(33-13(2)27)19(9-17)31-6/h7-10,20-24H,11H2,1-6H3/t20-,21+,22+,23+,24-/m1/s1. The summed E-state index contributed by atoms with van der Waals surface area (Å²) in [5.74, 6) is -2.92. The van der Waals surface area contributed by atoms with E-state index < -0.39 is 60.5 Å². The molecule has 0 aliphatic carbocycles.